The molecule has 0 bridgehead atoms. The summed E-state index contributed by atoms with van der Waals surface area (Å²) in [5.74, 6) is 1.21. The van der Waals surface area contributed by atoms with Gasteiger partial charge in [-0.3, -0.25) is 4.79 Å². The van der Waals surface area contributed by atoms with Crippen molar-refractivity contribution in [2.45, 2.75) is 19.4 Å². The Labute approximate surface area is 123 Å². The molecule has 21 heavy (non-hydrogen) atoms. The van der Waals surface area contributed by atoms with Gasteiger partial charge >= 0.3 is 0 Å². The third-order valence-corrected chi connectivity index (χ3v) is 3.91. The monoisotopic (exact) mass is 306 g/mol. The molecule has 2 N–H and O–H groups in total. The second-order valence-electron chi connectivity index (χ2n) is 4.92. The lowest BCUT2D eigenvalue weighted by Gasteiger charge is -2.20. The summed E-state index contributed by atoms with van der Waals surface area (Å²) >= 11 is 1.24. The van der Waals surface area contributed by atoms with Gasteiger partial charge in [-0.2, -0.15) is 4.52 Å². The van der Waals surface area contributed by atoms with Gasteiger partial charge in [-0.1, -0.05) is 11.3 Å². The minimum Gasteiger partial charge on any atom is -0.463 e. The Morgan fingerprint density at radius 1 is 1.48 bits per heavy atom. The van der Waals surface area contributed by atoms with Crippen molar-refractivity contribution in [3.05, 3.63) is 46.3 Å². The van der Waals surface area contributed by atoms with Crippen LogP contribution in [-0.4, -0.2) is 26.2 Å². The molecule has 0 aliphatic rings. The molecule has 3 rings (SSSR count). The molecule has 110 valence electrons. The van der Waals surface area contributed by atoms with Crippen LogP contribution < -0.4 is 10.9 Å². The van der Waals surface area contributed by atoms with E-state index in [9.17, 15) is 9.90 Å². The summed E-state index contributed by atoms with van der Waals surface area (Å²) in [6.45, 7) is 3.67. The smallest absolute Gasteiger partial charge is 0.275 e. The Balaban J connectivity index is 1.80. The van der Waals surface area contributed by atoms with Crippen LogP contribution in [0.5, 0.6) is 0 Å². The molecule has 0 saturated carbocycles. The van der Waals surface area contributed by atoms with Crippen LogP contribution in [0.4, 0.5) is 5.13 Å². The van der Waals surface area contributed by atoms with E-state index in [1.807, 2.05) is 6.92 Å². The van der Waals surface area contributed by atoms with Crippen LogP contribution in [0, 0.1) is 6.92 Å². The van der Waals surface area contributed by atoms with Gasteiger partial charge in [0.15, 0.2) is 0 Å². The second-order valence-corrected chi connectivity index (χ2v) is 5.88. The van der Waals surface area contributed by atoms with E-state index in [1.165, 1.54) is 28.1 Å². The van der Waals surface area contributed by atoms with E-state index in [0.29, 0.717) is 15.9 Å². The van der Waals surface area contributed by atoms with Gasteiger partial charge in [-0.15, -0.1) is 5.10 Å². The SMILES string of the molecule is Cc1ccc(C(C)(O)CNc2nn3c(=O)ccnc3s2)o1. The molecule has 0 spiro atoms. The van der Waals surface area contributed by atoms with Crippen LogP contribution in [0.25, 0.3) is 4.96 Å². The Kier molecular flexibility index (Phi) is 3.26. The average molecular weight is 306 g/mol. The van der Waals surface area contributed by atoms with Gasteiger partial charge in [-0.25, -0.2) is 4.98 Å². The zero-order chi connectivity index (χ0) is 15.0. The van der Waals surface area contributed by atoms with Gasteiger partial charge in [0.05, 0.1) is 6.54 Å². The third kappa shape index (κ3) is 2.67. The maximum Gasteiger partial charge on any atom is 0.275 e. The van der Waals surface area contributed by atoms with Gasteiger partial charge in [0.1, 0.15) is 17.1 Å². The quantitative estimate of drug-likeness (QED) is 0.756. The van der Waals surface area contributed by atoms with Gasteiger partial charge in [0.25, 0.3) is 5.56 Å². The predicted octanol–water partition coefficient (Wildman–Crippen LogP) is 1.37. The Morgan fingerprint density at radius 2 is 2.29 bits per heavy atom. The standard InChI is InChI=1S/C13H14N4O3S/c1-8-3-4-9(20-8)13(2,19)7-15-11-16-17-10(18)5-6-14-12(17)21-11/h3-6,19H,7H2,1-2H3,(H,15,16). The predicted molar refractivity (Wildman–Crippen MR) is 78.6 cm³/mol. The highest BCUT2D eigenvalue weighted by Crippen LogP contribution is 2.24. The van der Waals surface area contributed by atoms with Crippen molar-refractivity contribution in [1.82, 2.24) is 14.6 Å². The number of rotatable bonds is 4. The molecule has 0 saturated heterocycles. The molecule has 0 aliphatic heterocycles. The first-order valence-electron chi connectivity index (χ1n) is 6.34. The van der Waals surface area contributed by atoms with Crippen molar-refractivity contribution in [2.24, 2.45) is 0 Å². The Bertz CT molecular complexity index is 833. The molecular formula is C13H14N4O3S. The zero-order valence-electron chi connectivity index (χ0n) is 11.5. The molecule has 1 atom stereocenters. The molecular weight excluding hydrogens is 292 g/mol. The fourth-order valence-electron chi connectivity index (χ4n) is 1.87. The van der Waals surface area contributed by atoms with Gasteiger partial charge in [-0.05, 0) is 26.0 Å². The highest BCUT2D eigenvalue weighted by Gasteiger charge is 2.27. The number of hydrogen-bond acceptors (Lipinski definition) is 7. The van der Waals surface area contributed by atoms with Gasteiger partial charge in [0, 0.05) is 12.3 Å². The van der Waals surface area contributed by atoms with E-state index in [2.05, 4.69) is 15.4 Å². The summed E-state index contributed by atoms with van der Waals surface area (Å²) in [6.07, 6.45) is 1.45. The topological polar surface area (TPSA) is 92.7 Å². The number of nitrogens with one attached hydrogen (secondary N) is 1. The summed E-state index contributed by atoms with van der Waals surface area (Å²) in [6, 6.07) is 4.88. The molecule has 3 heterocycles. The van der Waals surface area contributed by atoms with Gasteiger partial charge in [0.2, 0.25) is 10.1 Å². The number of furan rings is 1. The van der Waals surface area contributed by atoms with E-state index in [-0.39, 0.29) is 12.1 Å². The van der Waals surface area contributed by atoms with Crippen molar-refractivity contribution in [3.63, 3.8) is 0 Å². The van der Waals surface area contributed by atoms with Crippen molar-refractivity contribution < 1.29 is 9.52 Å². The Morgan fingerprint density at radius 3 is 2.95 bits per heavy atom. The fraction of sp³-hybridized carbons (Fsp3) is 0.308. The van der Waals surface area contributed by atoms with Crippen LogP contribution in [0.15, 0.2) is 33.6 Å². The fourth-order valence-corrected chi connectivity index (χ4v) is 2.64. The molecule has 0 radical (unpaired) electrons. The second kappa shape index (κ2) is 4.97. The lowest BCUT2D eigenvalue weighted by Crippen LogP contribution is -2.30. The van der Waals surface area contributed by atoms with Crippen molar-refractivity contribution in [2.75, 3.05) is 11.9 Å². The van der Waals surface area contributed by atoms with E-state index in [4.69, 9.17) is 4.42 Å². The summed E-state index contributed by atoms with van der Waals surface area (Å²) in [7, 11) is 0. The third-order valence-electron chi connectivity index (χ3n) is 3.03. The van der Waals surface area contributed by atoms with E-state index in [1.54, 1.807) is 19.1 Å². The van der Waals surface area contributed by atoms with Crippen LogP contribution in [-0.2, 0) is 5.60 Å². The minimum atomic E-state index is -1.18. The van der Waals surface area contributed by atoms with Crippen LogP contribution in [0.2, 0.25) is 0 Å². The summed E-state index contributed by atoms with van der Waals surface area (Å²) < 4.78 is 6.66. The maximum atomic E-state index is 11.6. The highest BCUT2D eigenvalue weighted by molar-refractivity contribution is 7.20. The highest BCUT2D eigenvalue weighted by atomic mass is 32.1. The number of aromatic nitrogens is 3. The molecule has 8 heteroatoms. The number of aryl methyl sites for hydroxylation is 1. The van der Waals surface area contributed by atoms with Crippen molar-refractivity contribution >= 4 is 21.4 Å². The van der Waals surface area contributed by atoms with Crippen molar-refractivity contribution in [3.8, 4) is 0 Å². The van der Waals surface area contributed by atoms with Crippen LogP contribution >= 0.6 is 11.3 Å². The molecule has 0 fully saturated rings. The first-order chi connectivity index (χ1) is 9.95. The number of nitrogens with zero attached hydrogens (tertiary/aromatic N) is 3. The van der Waals surface area contributed by atoms with Gasteiger partial charge < -0.3 is 14.8 Å². The summed E-state index contributed by atoms with van der Waals surface area (Å²) in [4.78, 5) is 16.2. The minimum absolute atomic E-state index is 0.203. The molecule has 1 unspecified atom stereocenters. The largest absolute Gasteiger partial charge is 0.463 e. The zero-order valence-corrected chi connectivity index (χ0v) is 12.3. The first-order valence-corrected chi connectivity index (χ1v) is 7.15. The number of aliphatic hydroxyl groups is 1. The van der Waals surface area contributed by atoms with E-state index < -0.39 is 5.60 Å². The normalized spacial score (nSPS) is 14.2. The maximum absolute atomic E-state index is 11.6. The molecule has 0 amide bonds. The van der Waals surface area contributed by atoms with E-state index >= 15 is 0 Å². The number of hydrogen-bond donors (Lipinski definition) is 2. The average Bonchev–Trinajstić information content (AvgIpc) is 3.04. The molecule has 0 aliphatic carbocycles. The molecule has 0 aromatic carbocycles. The number of fused-ring (bicyclic) bond motifs is 1. The molecule has 3 aromatic heterocycles. The lowest BCUT2D eigenvalue weighted by atomic mass is 10.0. The van der Waals surface area contributed by atoms with Crippen LogP contribution in [0.3, 0.4) is 0 Å². The summed E-state index contributed by atoms with van der Waals surface area (Å²) in [5, 5.41) is 18.1. The molecule has 7 nitrogen and oxygen atoms in total. The Hall–Kier alpha value is -2.19. The van der Waals surface area contributed by atoms with E-state index in [0.717, 1.165) is 5.76 Å². The molecule has 3 aromatic rings. The summed E-state index contributed by atoms with van der Waals surface area (Å²) in [5.41, 5.74) is -1.41. The first kappa shape index (κ1) is 13.8. The number of anilines is 1. The van der Waals surface area contributed by atoms with Crippen LogP contribution in [0.1, 0.15) is 18.4 Å². The van der Waals surface area contributed by atoms with Crippen molar-refractivity contribution in [1.29, 1.82) is 0 Å². The lowest BCUT2D eigenvalue weighted by molar-refractivity contribution is 0.0468.